The van der Waals surface area contributed by atoms with Gasteiger partial charge in [-0.05, 0) is 86.1 Å². The van der Waals surface area contributed by atoms with E-state index in [9.17, 15) is 0 Å². The standard InChI is InChI=1S/C16H42O3Si4/c1-14-16(4,18-21(6,7)8)23(12,13)17-15(2,3)20(5)19-22(9,10)11/h20H,14H2,1-13H3/t16-,20?/m1/s1. The zero-order valence-electron chi connectivity index (χ0n) is 18.0. The molecule has 0 amide bonds. The van der Waals surface area contributed by atoms with Crippen molar-refractivity contribution in [2.75, 3.05) is 0 Å². The molecule has 0 radical (unpaired) electrons. The summed E-state index contributed by atoms with van der Waals surface area (Å²) in [6, 6.07) is 0. The first-order valence-corrected chi connectivity index (χ1v) is 20.9. The zero-order chi connectivity index (χ0) is 18.9. The lowest BCUT2D eigenvalue weighted by Gasteiger charge is -2.49. The fourth-order valence-corrected chi connectivity index (χ4v) is 15.5. The highest BCUT2D eigenvalue weighted by Gasteiger charge is 2.50. The number of hydrogen-bond donors (Lipinski definition) is 0. The maximum absolute atomic E-state index is 6.83. The van der Waals surface area contributed by atoms with Crippen LogP contribution in [0.4, 0.5) is 0 Å². The molecule has 0 N–H and O–H groups in total. The van der Waals surface area contributed by atoms with Gasteiger partial charge in [-0.15, -0.1) is 0 Å². The van der Waals surface area contributed by atoms with Gasteiger partial charge in [-0.25, -0.2) is 0 Å². The molecule has 1 unspecified atom stereocenters. The van der Waals surface area contributed by atoms with E-state index in [-0.39, 0.29) is 10.4 Å². The van der Waals surface area contributed by atoms with Gasteiger partial charge in [0.05, 0.1) is 10.4 Å². The normalized spacial score (nSPS) is 18.7. The predicted molar refractivity (Wildman–Crippen MR) is 113 cm³/mol. The van der Waals surface area contributed by atoms with Gasteiger partial charge in [0.1, 0.15) is 0 Å². The Bertz CT molecular complexity index is 386. The van der Waals surface area contributed by atoms with Crippen molar-refractivity contribution in [1.82, 2.24) is 0 Å². The van der Waals surface area contributed by atoms with Gasteiger partial charge in [0.15, 0.2) is 25.7 Å². The van der Waals surface area contributed by atoms with Crippen LogP contribution in [0.15, 0.2) is 0 Å². The van der Waals surface area contributed by atoms with E-state index in [0.29, 0.717) is 0 Å². The lowest BCUT2D eigenvalue weighted by atomic mass is 10.3. The molecule has 0 aliphatic rings. The van der Waals surface area contributed by atoms with Crippen LogP contribution in [0.25, 0.3) is 0 Å². The third kappa shape index (κ3) is 7.66. The third-order valence-corrected chi connectivity index (χ3v) is 16.4. The first-order chi connectivity index (χ1) is 9.85. The molecule has 3 nitrogen and oxygen atoms in total. The number of hydrogen-bond acceptors (Lipinski definition) is 3. The van der Waals surface area contributed by atoms with Crippen molar-refractivity contribution in [2.24, 2.45) is 0 Å². The molecule has 0 saturated carbocycles. The SMILES string of the molecule is CC[C@](C)(O[Si](C)(C)C)[Si](C)(C)OC(C)(C)[SiH](C)O[Si](C)(C)C. The van der Waals surface area contributed by atoms with Crippen molar-refractivity contribution < 1.29 is 13.0 Å². The second-order valence-corrected chi connectivity index (χ2v) is 26.4. The first-order valence-electron chi connectivity index (χ1n) is 8.93. The summed E-state index contributed by atoms with van der Waals surface area (Å²) >= 11 is 0. The van der Waals surface area contributed by atoms with Gasteiger partial charge in [-0.3, -0.25) is 0 Å². The molecule has 0 aliphatic carbocycles. The molecule has 0 spiro atoms. The molecule has 0 aromatic rings. The predicted octanol–water partition coefficient (Wildman–Crippen LogP) is 5.29. The van der Waals surface area contributed by atoms with Crippen molar-refractivity contribution in [2.45, 2.75) is 103 Å². The van der Waals surface area contributed by atoms with Crippen molar-refractivity contribution >= 4 is 34.0 Å². The fourth-order valence-electron chi connectivity index (χ4n) is 2.82. The molecule has 0 fully saturated rings. The van der Waals surface area contributed by atoms with E-state index >= 15 is 0 Å². The van der Waals surface area contributed by atoms with E-state index in [0.717, 1.165) is 6.42 Å². The summed E-state index contributed by atoms with van der Waals surface area (Å²) in [4.78, 5) is 0. The minimum atomic E-state index is -2.06. The monoisotopic (exact) mass is 394 g/mol. The highest BCUT2D eigenvalue weighted by molar-refractivity contribution is 6.79. The highest BCUT2D eigenvalue weighted by Crippen LogP contribution is 2.36. The summed E-state index contributed by atoms with van der Waals surface area (Å²) in [6.07, 6.45) is 0.997. The van der Waals surface area contributed by atoms with E-state index < -0.39 is 34.0 Å². The van der Waals surface area contributed by atoms with E-state index in [1.807, 2.05) is 0 Å². The Kier molecular flexibility index (Phi) is 7.80. The van der Waals surface area contributed by atoms with Crippen LogP contribution in [0, 0.1) is 0 Å². The van der Waals surface area contributed by atoms with Crippen LogP contribution in [-0.2, 0) is 13.0 Å². The highest BCUT2D eigenvalue weighted by atomic mass is 28.4. The molecule has 0 aromatic carbocycles. The van der Waals surface area contributed by atoms with Crippen molar-refractivity contribution in [3.8, 4) is 0 Å². The smallest absolute Gasteiger partial charge is 0.216 e. The molecule has 7 heteroatoms. The van der Waals surface area contributed by atoms with Crippen molar-refractivity contribution in [1.29, 1.82) is 0 Å². The molecule has 0 aliphatic heterocycles. The average Bonchev–Trinajstić information content (AvgIpc) is 2.22. The quantitative estimate of drug-likeness (QED) is 0.497. The number of rotatable bonds is 9. The minimum Gasteiger partial charge on any atom is -0.456 e. The van der Waals surface area contributed by atoms with E-state index in [1.54, 1.807) is 0 Å². The topological polar surface area (TPSA) is 27.7 Å². The Morgan fingerprint density at radius 1 is 0.783 bits per heavy atom. The molecule has 140 valence electrons. The Balaban J connectivity index is 5.34. The van der Waals surface area contributed by atoms with Gasteiger partial charge < -0.3 is 13.0 Å². The van der Waals surface area contributed by atoms with Crippen LogP contribution < -0.4 is 0 Å². The molecule has 0 saturated heterocycles. The van der Waals surface area contributed by atoms with Crippen LogP contribution >= 0.6 is 0 Å². The van der Waals surface area contributed by atoms with Gasteiger partial charge in [0.25, 0.3) is 0 Å². The fraction of sp³-hybridized carbons (Fsp3) is 1.00. The van der Waals surface area contributed by atoms with Gasteiger partial charge >= 0.3 is 0 Å². The second-order valence-electron chi connectivity index (χ2n) is 9.89. The summed E-state index contributed by atoms with van der Waals surface area (Å²) in [6.45, 7) is 29.4. The van der Waals surface area contributed by atoms with Gasteiger partial charge in [-0.2, -0.15) is 0 Å². The first kappa shape index (κ1) is 23.7. The summed E-state index contributed by atoms with van der Waals surface area (Å²) < 4.78 is 19.9. The lowest BCUT2D eigenvalue weighted by molar-refractivity contribution is 0.0831. The molecule has 2 atom stereocenters. The van der Waals surface area contributed by atoms with Crippen LogP contribution in [0.5, 0.6) is 0 Å². The van der Waals surface area contributed by atoms with Crippen LogP contribution in [0.2, 0.25) is 58.9 Å². The summed E-state index contributed by atoms with van der Waals surface area (Å²) in [5.41, 5.74) is 0. The van der Waals surface area contributed by atoms with Gasteiger partial charge in [0, 0.05) is 0 Å². The Morgan fingerprint density at radius 2 is 1.22 bits per heavy atom. The molecular formula is C16H42O3Si4. The van der Waals surface area contributed by atoms with Crippen molar-refractivity contribution in [3.05, 3.63) is 0 Å². The maximum atomic E-state index is 6.83. The zero-order valence-corrected chi connectivity index (χ0v) is 22.2. The van der Waals surface area contributed by atoms with E-state index in [2.05, 4.69) is 86.6 Å². The molecule has 23 heavy (non-hydrogen) atoms. The molecule has 0 rings (SSSR count). The van der Waals surface area contributed by atoms with Crippen LogP contribution in [0.1, 0.15) is 34.1 Å². The molecule has 0 heterocycles. The molecule has 0 bridgehead atoms. The summed E-state index contributed by atoms with van der Waals surface area (Å²) in [7, 11) is -6.65. The maximum Gasteiger partial charge on any atom is 0.216 e. The average molecular weight is 395 g/mol. The molecule has 0 aromatic heterocycles. The Hall–Kier alpha value is 0.748. The second kappa shape index (κ2) is 7.55. The van der Waals surface area contributed by atoms with Crippen LogP contribution in [0.3, 0.4) is 0 Å². The van der Waals surface area contributed by atoms with E-state index in [4.69, 9.17) is 13.0 Å². The summed E-state index contributed by atoms with van der Waals surface area (Å²) in [5.74, 6) is 0. The Morgan fingerprint density at radius 3 is 1.52 bits per heavy atom. The molecular weight excluding hydrogens is 353 g/mol. The Labute approximate surface area is 150 Å². The summed E-state index contributed by atoms with van der Waals surface area (Å²) in [5, 5.41) is -0.322. The van der Waals surface area contributed by atoms with Gasteiger partial charge in [0.2, 0.25) is 8.32 Å². The van der Waals surface area contributed by atoms with Crippen LogP contribution in [-0.4, -0.2) is 44.4 Å². The van der Waals surface area contributed by atoms with Crippen molar-refractivity contribution in [3.63, 3.8) is 0 Å². The van der Waals surface area contributed by atoms with Gasteiger partial charge in [-0.1, -0.05) is 6.92 Å². The minimum absolute atomic E-state index is 0.151. The third-order valence-electron chi connectivity index (χ3n) is 4.51. The lowest BCUT2D eigenvalue weighted by Crippen LogP contribution is -2.64. The largest absolute Gasteiger partial charge is 0.456 e. The van der Waals surface area contributed by atoms with E-state index in [1.165, 1.54) is 0 Å².